The average molecular weight is 244 g/mol. The van der Waals surface area contributed by atoms with Gasteiger partial charge in [0.2, 0.25) is 0 Å². The lowest BCUT2D eigenvalue weighted by Gasteiger charge is -2.34. The Balaban J connectivity index is 2.01. The molecule has 1 aromatic rings. The van der Waals surface area contributed by atoms with Gasteiger partial charge in [0, 0.05) is 12.2 Å². The molecule has 94 valence electrons. The van der Waals surface area contributed by atoms with Crippen LogP contribution in [0, 0.1) is 0 Å². The number of carbonyl (C=O) groups excluding carboxylic acids is 1. The number of benzene rings is 1. The number of hydrogen-bond acceptors (Lipinski definition) is 3. The van der Waals surface area contributed by atoms with Crippen LogP contribution in [-0.2, 0) is 4.74 Å². The summed E-state index contributed by atoms with van der Waals surface area (Å²) < 4.78 is 5.54. The molecule has 2 aliphatic heterocycles. The number of nitrogens with one attached hydrogen (secondary N) is 1. The highest BCUT2D eigenvalue weighted by atomic mass is 16.6. The van der Waals surface area contributed by atoms with Gasteiger partial charge in [-0.3, -0.25) is 10.2 Å². The lowest BCUT2D eigenvalue weighted by Crippen LogP contribution is -2.55. The quantitative estimate of drug-likeness (QED) is 0.770. The van der Waals surface area contributed by atoms with Crippen molar-refractivity contribution in [1.82, 2.24) is 5.32 Å². The molecule has 0 aliphatic carbocycles. The molecule has 0 saturated carbocycles. The lowest BCUT2D eigenvalue weighted by molar-refractivity contribution is 0.0809. The summed E-state index contributed by atoms with van der Waals surface area (Å²) in [6.45, 7) is 4.75. The number of ether oxygens (including phenoxy) is 1. The van der Waals surface area contributed by atoms with E-state index in [1.54, 1.807) is 4.90 Å². The van der Waals surface area contributed by atoms with E-state index in [2.05, 4.69) is 5.32 Å². The van der Waals surface area contributed by atoms with E-state index >= 15 is 0 Å². The van der Waals surface area contributed by atoms with Crippen molar-refractivity contribution in [2.75, 3.05) is 11.4 Å². The maximum Gasteiger partial charge on any atom is 0.416 e. The predicted molar refractivity (Wildman–Crippen MR) is 69.4 cm³/mol. The molecule has 18 heavy (non-hydrogen) atoms. The van der Waals surface area contributed by atoms with E-state index in [0.717, 1.165) is 12.2 Å². The van der Waals surface area contributed by atoms with Gasteiger partial charge in [-0.25, -0.2) is 4.79 Å². The Morgan fingerprint density at radius 3 is 2.83 bits per heavy atom. The minimum atomic E-state index is -0.588. The highest BCUT2D eigenvalue weighted by Crippen LogP contribution is 2.35. The first-order chi connectivity index (χ1) is 8.60. The van der Waals surface area contributed by atoms with Crippen LogP contribution in [0.15, 0.2) is 42.0 Å². The highest BCUT2D eigenvalue weighted by molar-refractivity contribution is 5.91. The monoisotopic (exact) mass is 244 g/mol. The maximum atomic E-state index is 12.1. The summed E-state index contributed by atoms with van der Waals surface area (Å²) >= 11 is 0. The number of fused-ring (bicyclic) bond motifs is 1. The molecular weight excluding hydrogens is 228 g/mol. The Labute approximate surface area is 106 Å². The van der Waals surface area contributed by atoms with Crippen LogP contribution in [0.3, 0.4) is 0 Å². The highest BCUT2D eigenvalue weighted by Gasteiger charge is 2.51. The zero-order chi connectivity index (χ0) is 12.8. The third-order valence-electron chi connectivity index (χ3n) is 3.45. The molecule has 1 fully saturated rings. The number of nitrogens with zero attached hydrogens (tertiary/aromatic N) is 1. The number of para-hydroxylation sites is 1. The van der Waals surface area contributed by atoms with E-state index < -0.39 is 5.60 Å². The molecule has 0 spiro atoms. The van der Waals surface area contributed by atoms with Gasteiger partial charge in [-0.1, -0.05) is 23.8 Å². The summed E-state index contributed by atoms with van der Waals surface area (Å²) in [5.41, 5.74) is 1.46. The van der Waals surface area contributed by atoms with Crippen LogP contribution in [-0.4, -0.2) is 24.4 Å². The first-order valence-corrected chi connectivity index (χ1v) is 6.09. The van der Waals surface area contributed by atoms with Crippen LogP contribution in [0.1, 0.15) is 13.8 Å². The van der Waals surface area contributed by atoms with Crippen LogP contribution in [0.5, 0.6) is 0 Å². The minimum Gasteiger partial charge on any atom is -0.435 e. The normalized spacial score (nSPS) is 30.8. The van der Waals surface area contributed by atoms with Crippen molar-refractivity contribution in [2.24, 2.45) is 0 Å². The second kappa shape index (κ2) is 3.85. The molecule has 2 unspecified atom stereocenters. The van der Waals surface area contributed by atoms with E-state index in [0.29, 0.717) is 0 Å². The van der Waals surface area contributed by atoms with Gasteiger partial charge in [0.15, 0.2) is 5.60 Å². The average Bonchev–Trinajstić information content (AvgIpc) is 2.59. The molecule has 1 saturated heterocycles. The second-order valence-electron chi connectivity index (χ2n) is 5.03. The van der Waals surface area contributed by atoms with Crippen LogP contribution >= 0.6 is 0 Å². The molecular formula is C14H16N2O2. The molecule has 2 heterocycles. The number of amides is 1. The molecule has 1 N–H and O–H groups in total. The Bertz CT molecular complexity index is 512. The van der Waals surface area contributed by atoms with Gasteiger partial charge in [-0.2, -0.15) is 0 Å². The zero-order valence-electron chi connectivity index (χ0n) is 10.5. The topological polar surface area (TPSA) is 41.6 Å². The smallest absolute Gasteiger partial charge is 0.416 e. The summed E-state index contributed by atoms with van der Waals surface area (Å²) in [5, 5.41) is 3.36. The largest absolute Gasteiger partial charge is 0.435 e. The molecule has 2 atom stereocenters. The van der Waals surface area contributed by atoms with Gasteiger partial charge in [0.1, 0.15) is 6.17 Å². The summed E-state index contributed by atoms with van der Waals surface area (Å²) in [7, 11) is 0. The molecule has 4 heteroatoms. The number of anilines is 1. The van der Waals surface area contributed by atoms with Crippen LogP contribution < -0.4 is 10.2 Å². The zero-order valence-corrected chi connectivity index (χ0v) is 10.5. The maximum absolute atomic E-state index is 12.1. The Morgan fingerprint density at radius 1 is 1.39 bits per heavy atom. The molecule has 1 aromatic carbocycles. The van der Waals surface area contributed by atoms with E-state index in [1.807, 2.05) is 50.3 Å². The van der Waals surface area contributed by atoms with Gasteiger partial charge < -0.3 is 4.74 Å². The summed E-state index contributed by atoms with van der Waals surface area (Å²) in [6.07, 6.45) is 1.60. The first-order valence-electron chi connectivity index (χ1n) is 6.09. The third kappa shape index (κ3) is 1.61. The van der Waals surface area contributed by atoms with Crippen molar-refractivity contribution in [3.05, 3.63) is 42.0 Å². The lowest BCUT2D eigenvalue weighted by atomic mass is 9.95. The molecule has 1 amide bonds. The van der Waals surface area contributed by atoms with Crippen molar-refractivity contribution < 1.29 is 9.53 Å². The van der Waals surface area contributed by atoms with E-state index in [1.165, 1.54) is 5.57 Å². The van der Waals surface area contributed by atoms with Crippen molar-refractivity contribution in [2.45, 2.75) is 25.6 Å². The molecule has 0 bridgehead atoms. The Kier molecular flexibility index (Phi) is 2.41. The molecule has 0 aromatic heterocycles. The van der Waals surface area contributed by atoms with Gasteiger partial charge in [0.25, 0.3) is 0 Å². The van der Waals surface area contributed by atoms with Crippen LogP contribution in [0.4, 0.5) is 10.5 Å². The van der Waals surface area contributed by atoms with E-state index in [4.69, 9.17) is 4.74 Å². The summed E-state index contributed by atoms with van der Waals surface area (Å²) in [5.74, 6) is 0. The molecule has 3 rings (SSSR count). The predicted octanol–water partition coefficient (Wildman–Crippen LogP) is 2.28. The van der Waals surface area contributed by atoms with Crippen molar-refractivity contribution in [3.8, 4) is 0 Å². The number of hydrogen-bond donors (Lipinski definition) is 1. The molecule has 4 nitrogen and oxygen atoms in total. The van der Waals surface area contributed by atoms with Crippen molar-refractivity contribution in [1.29, 1.82) is 0 Å². The van der Waals surface area contributed by atoms with Gasteiger partial charge in [-0.15, -0.1) is 0 Å². The second-order valence-corrected chi connectivity index (χ2v) is 5.03. The van der Waals surface area contributed by atoms with Gasteiger partial charge in [0.05, 0.1) is 0 Å². The standard InChI is InChI=1S/C14H16N2O2/c1-10-8-14(2)12(15-9-10)16(13(17)18-14)11-6-4-3-5-7-11/h3-8,12,15H,9H2,1-2H3. The van der Waals surface area contributed by atoms with Crippen LogP contribution in [0.25, 0.3) is 0 Å². The fraction of sp³-hybridized carbons (Fsp3) is 0.357. The number of rotatable bonds is 1. The number of carbonyl (C=O) groups is 1. The fourth-order valence-corrected chi connectivity index (χ4v) is 2.70. The van der Waals surface area contributed by atoms with Crippen molar-refractivity contribution >= 4 is 11.8 Å². The van der Waals surface area contributed by atoms with Crippen LogP contribution in [0.2, 0.25) is 0 Å². The SMILES string of the molecule is CC1=CC2(C)OC(=O)N(c3ccccc3)C2NC1. The summed E-state index contributed by atoms with van der Waals surface area (Å²) in [4.78, 5) is 13.8. The fourth-order valence-electron chi connectivity index (χ4n) is 2.70. The van der Waals surface area contributed by atoms with Crippen molar-refractivity contribution in [3.63, 3.8) is 0 Å². The van der Waals surface area contributed by atoms with E-state index in [-0.39, 0.29) is 12.3 Å². The Morgan fingerprint density at radius 2 is 2.11 bits per heavy atom. The van der Waals surface area contributed by atoms with Gasteiger partial charge in [-0.05, 0) is 32.1 Å². The third-order valence-corrected chi connectivity index (χ3v) is 3.45. The minimum absolute atomic E-state index is 0.143. The summed E-state index contributed by atoms with van der Waals surface area (Å²) in [6, 6.07) is 9.60. The molecule has 0 radical (unpaired) electrons. The van der Waals surface area contributed by atoms with E-state index in [9.17, 15) is 4.79 Å². The first kappa shape index (κ1) is 11.3. The van der Waals surface area contributed by atoms with Gasteiger partial charge >= 0.3 is 6.09 Å². The Hall–Kier alpha value is -1.81. The molecule has 2 aliphatic rings.